The van der Waals surface area contributed by atoms with Gasteiger partial charge in [0.2, 0.25) is 5.91 Å². The number of nitriles is 1. The minimum Gasteiger partial charge on any atom is -0.363 e. The Bertz CT molecular complexity index is 353. The highest BCUT2D eigenvalue weighted by atomic mass is 16.1. The average Bonchev–Trinajstić information content (AvgIpc) is 2.76. The quantitative estimate of drug-likeness (QED) is 0.617. The number of carbonyl (C=O) groups is 1. The van der Waals surface area contributed by atoms with Gasteiger partial charge in [-0.15, -0.1) is 0 Å². The Hall–Kier alpha value is -1.80. The summed E-state index contributed by atoms with van der Waals surface area (Å²) in [6.45, 7) is 2.81. The molecule has 86 valence electrons. The Morgan fingerprint density at radius 2 is 2.44 bits per heavy atom. The average molecular weight is 220 g/mol. The van der Waals surface area contributed by atoms with Crippen LogP contribution in [0.1, 0.15) is 25.1 Å². The van der Waals surface area contributed by atoms with Crippen LogP contribution in [0.4, 0.5) is 0 Å². The van der Waals surface area contributed by atoms with Gasteiger partial charge in [0.15, 0.2) is 0 Å². The zero-order valence-corrected chi connectivity index (χ0v) is 9.29. The lowest BCUT2D eigenvalue weighted by atomic mass is 10.2. The zero-order chi connectivity index (χ0) is 11.8. The number of aromatic amines is 1. The van der Waals surface area contributed by atoms with Crippen molar-refractivity contribution in [3.63, 3.8) is 0 Å². The van der Waals surface area contributed by atoms with Gasteiger partial charge in [-0.25, -0.2) is 0 Å². The number of carbonyl (C=O) groups excluding carboxylic acids is 1. The molecule has 5 heteroatoms. The molecule has 0 radical (unpaired) electrons. The number of aromatic nitrogens is 1. The van der Waals surface area contributed by atoms with E-state index in [1.807, 2.05) is 12.1 Å². The minimum absolute atomic E-state index is 0.0267. The molecule has 0 fully saturated rings. The topological polar surface area (TPSA) is 80.7 Å². The maximum Gasteiger partial charge on any atom is 0.216 e. The van der Waals surface area contributed by atoms with Crippen LogP contribution in [-0.2, 0) is 4.79 Å². The zero-order valence-electron chi connectivity index (χ0n) is 9.29. The molecule has 3 N–H and O–H groups in total. The third kappa shape index (κ3) is 4.15. The summed E-state index contributed by atoms with van der Waals surface area (Å²) in [4.78, 5) is 13.6. The highest BCUT2D eigenvalue weighted by molar-refractivity contribution is 5.72. The van der Waals surface area contributed by atoms with Gasteiger partial charge in [-0.2, -0.15) is 5.26 Å². The Morgan fingerprint density at radius 1 is 1.62 bits per heavy atom. The predicted molar refractivity (Wildman–Crippen MR) is 60.5 cm³/mol. The van der Waals surface area contributed by atoms with E-state index in [9.17, 15) is 4.79 Å². The van der Waals surface area contributed by atoms with E-state index in [1.54, 1.807) is 6.20 Å². The highest BCUT2D eigenvalue weighted by Gasteiger charge is 2.08. The fraction of sp³-hybridized carbons (Fsp3) is 0.455. The van der Waals surface area contributed by atoms with Gasteiger partial charge in [-0.05, 0) is 25.1 Å². The number of rotatable bonds is 6. The number of hydrogen-bond acceptors (Lipinski definition) is 3. The van der Waals surface area contributed by atoms with E-state index in [-0.39, 0.29) is 11.9 Å². The third-order valence-corrected chi connectivity index (χ3v) is 2.14. The number of hydrogen-bond donors (Lipinski definition) is 3. The second-order valence-corrected chi connectivity index (χ2v) is 3.48. The van der Waals surface area contributed by atoms with Gasteiger partial charge in [0, 0.05) is 25.4 Å². The van der Waals surface area contributed by atoms with E-state index in [1.165, 1.54) is 6.92 Å². The van der Waals surface area contributed by atoms with Crippen LogP contribution in [0.5, 0.6) is 0 Å². The Morgan fingerprint density at radius 3 is 3.00 bits per heavy atom. The molecule has 0 saturated heterocycles. The van der Waals surface area contributed by atoms with Crippen molar-refractivity contribution in [2.24, 2.45) is 0 Å². The molecule has 1 unspecified atom stereocenters. The van der Waals surface area contributed by atoms with E-state index < -0.39 is 0 Å². The van der Waals surface area contributed by atoms with E-state index in [4.69, 9.17) is 5.26 Å². The maximum absolute atomic E-state index is 10.6. The summed E-state index contributed by atoms with van der Waals surface area (Å²) in [5.41, 5.74) is 0.863. The summed E-state index contributed by atoms with van der Waals surface area (Å²) in [6.07, 6.45) is 2.59. The van der Waals surface area contributed by atoms with Crippen LogP contribution >= 0.6 is 0 Å². The summed E-state index contributed by atoms with van der Waals surface area (Å²) in [7, 11) is 0. The summed E-state index contributed by atoms with van der Waals surface area (Å²) < 4.78 is 0. The number of amides is 1. The largest absolute Gasteiger partial charge is 0.363 e. The van der Waals surface area contributed by atoms with Gasteiger partial charge < -0.3 is 10.3 Å². The van der Waals surface area contributed by atoms with Crippen molar-refractivity contribution in [3.05, 3.63) is 24.0 Å². The lowest BCUT2D eigenvalue weighted by Gasteiger charge is -2.09. The molecule has 0 aliphatic heterocycles. The predicted octanol–water partition coefficient (Wildman–Crippen LogP) is 0.695. The molecular weight excluding hydrogens is 204 g/mol. The SMILES string of the molecule is CC(=O)NCCCNC(C#N)c1ccc[nH]1. The van der Waals surface area contributed by atoms with Crippen molar-refractivity contribution in [3.8, 4) is 6.07 Å². The first-order chi connectivity index (χ1) is 7.74. The van der Waals surface area contributed by atoms with Crippen molar-refractivity contribution in [2.75, 3.05) is 13.1 Å². The van der Waals surface area contributed by atoms with Gasteiger partial charge in [-0.3, -0.25) is 10.1 Å². The number of nitrogens with one attached hydrogen (secondary N) is 3. The second-order valence-electron chi connectivity index (χ2n) is 3.48. The molecule has 0 bridgehead atoms. The Labute approximate surface area is 94.8 Å². The van der Waals surface area contributed by atoms with E-state index in [0.717, 1.165) is 12.1 Å². The van der Waals surface area contributed by atoms with Crippen LogP contribution in [0.3, 0.4) is 0 Å². The fourth-order valence-electron chi connectivity index (χ4n) is 1.35. The van der Waals surface area contributed by atoms with Crippen molar-refractivity contribution >= 4 is 5.91 Å². The molecule has 1 atom stereocenters. The molecular formula is C11H16N4O. The summed E-state index contributed by atoms with van der Waals surface area (Å²) in [5.74, 6) is -0.0267. The van der Waals surface area contributed by atoms with Crippen LogP contribution in [-0.4, -0.2) is 24.0 Å². The van der Waals surface area contributed by atoms with Crippen molar-refractivity contribution in [1.82, 2.24) is 15.6 Å². The lowest BCUT2D eigenvalue weighted by molar-refractivity contribution is -0.118. The second kappa shape index (κ2) is 6.64. The summed E-state index contributed by atoms with van der Waals surface area (Å²) >= 11 is 0. The van der Waals surface area contributed by atoms with Crippen LogP contribution < -0.4 is 10.6 Å². The molecule has 0 aliphatic rings. The smallest absolute Gasteiger partial charge is 0.216 e. The first-order valence-corrected chi connectivity index (χ1v) is 5.24. The molecule has 1 heterocycles. The molecule has 5 nitrogen and oxygen atoms in total. The highest BCUT2D eigenvalue weighted by Crippen LogP contribution is 2.07. The molecule has 1 rings (SSSR count). The van der Waals surface area contributed by atoms with E-state index >= 15 is 0 Å². The van der Waals surface area contributed by atoms with Crippen molar-refractivity contribution < 1.29 is 4.79 Å². The molecule has 0 aliphatic carbocycles. The Balaban J connectivity index is 2.21. The molecule has 0 aromatic carbocycles. The lowest BCUT2D eigenvalue weighted by Crippen LogP contribution is -2.27. The fourth-order valence-corrected chi connectivity index (χ4v) is 1.35. The molecule has 1 amide bonds. The van der Waals surface area contributed by atoms with Crippen LogP contribution in [0.25, 0.3) is 0 Å². The van der Waals surface area contributed by atoms with Gasteiger partial charge in [0.1, 0.15) is 6.04 Å². The molecule has 16 heavy (non-hydrogen) atoms. The molecule has 0 saturated carbocycles. The van der Waals surface area contributed by atoms with Crippen LogP contribution in [0.2, 0.25) is 0 Å². The van der Waals surface area contributed by atoms with E-state index in [0.29, 0.717) is 13.1 Å². The number of H-pyrrole nitrogens is 1. The summed E-state index contributed by atoms with van der Waals surface area (Å²) in [6, 6.07) is 5.59. The third-order valence-electron chi connectivity index (χ3n) is 2.14. The number of nitrogens with zero attached hydrogens (tertiary/aromatic N) is 1. The maximum atomic E-state index is 10.6. The minimum atomic E-state index is -0.313. The first kappa shape index (κ1) is 12.3. The van der Waals surface area contributed by atoms with Gasteiger partial charge in [-0.1, -0.05) is 0 Å². The molecule has 0 spiro atoms. The van der Waals surface area contributed by atoms with Gasteiger partial charge in [0.25, 0.3) is 0 Å². The monoisotopic (exact) mass is 220 g/mol. The van der Waals surface area contributed by atoms with Crippen LogP contribution in [0, 0.1) is 11.3 Å². The molecule has 1 aromatic heterocycles. The first-order valence-electron chi connectivity index (χ1n) is 5.24. The standard InChI is InChI=1S/C11H16N4O/c1-9(16)13-6-3-7-15-11(8-12)10-4-2-5-14-10/h2,4-5,11,14-15H,3,6-7H2,1H3,(H,13,16). The molecule has 1 aromatic rings. The van der Waals surface area contributed by atoms with Gasteiger partial charge in [0.05, 0.1) is 6.07 Å². The summed E-state index contributed by atoms with van der Waals surface area (Å²) in [5, 5.41) is 14.7. The normalized spacial score (nSPS) is 11.8. The van der Waals surface area contributed by atoms with Gasteiger partial charge >= 0.3 is 0 Å². The van der Waals surface area contributed by atoms with Crippen molar-refractivity contribution in [1.29, 1.82) is 5.26 Å². The Kier molecular flexibility index (Phi) is 5.09. The van der Waals surface area contributed by atoms with Crippen molar-refractivity contribution in [2.45, 2.75) is 19.4 Å². The van der Waals surface area contributed by atoms with Crippen LogP contribution in [0.15, 0.2) is 18.3 Å². The van der Waals surface area contributed by atoms with E-state index in [2.05, 4.69) is 21.7 Å².